The lowest BCUT2D eigenvalue weighted by Gasteiger charge is -2.42. The molecule has 0 heterocycles. The fraction of sp³-hybridized carbons (Fsp3) is 0.586. The molecule has 2 saturated carbocycles. The normalized spacial score (nSPS) is 26.3. The monoisotopic (exact) mass is 422 g/mol. The van der Waals surface area contributed by atoms with E-state index in [4.69, 9.17) is 4.74 Å². The van der Waals surface area contributed by atoms with Crippen molar-refractivity contribution in [3.05, 3.63) is 53.9 Å². The van der Waals surface area contributed by atoms with Crippen molar-refractivity contribution >= 4 is 10.8 Å². The molecule has 1 nitrogen and oxygen atoms in total. The molecule has 0 aliphatic heterocycles. The molecule has 2 aromatic carbocycles. The first kappa shape index (κ1) is 22.4. The quantitative estimate of drug-likeness (QED) is 0.305. The molecule has 0 bridgehead atoms. The molecule has 4 unspecified atom stereocenters. The summed E-state index contributed by atoms with van der Waals surface area (Å²) in [6, 6.07) is 9.93. The van der Waals surface area contributed by atoms with Crippen molar-refractivity contribution in [2.24, 2.45) is 17.8 Å². The number of ether oxygens (including phenoxy) is 1. The zero-order valence-electron chi connectivity index (χ0n) is 19.4. The van der Waals surface area contributed by atoms with Gasteiger partial charge in [0.1, 0.15) is 18.2 Å². The largest absolute Gasteiger partial charge is 0.489 e. The molecule has 2 heteroatoms. The maximum atomic E-state index is 14.8. The van der Waals surface area contributed by atoms with Gasteiger partial charge < -0.3 is 4.74 Å². The molecule has 2 aliphatic rings. The van der Waals surface area contributed by atoms with Crippen LogP contribution in [0, 0.1) is 23.6 Å². The molecule has 0 amide bonds. The lowest BCUT2D eigenvalue weighted by molar-refractivity contribution is 0.113. The fourth-order valence-electron chi connectivity index (χ4n) is 6.12. The number of hydrogen-bond acceptors (Lipinski definition) is 1. The predicted molar refractivity (Wildman–Crippen MR) is 129 cm³/mol. The topological polar surface area (TPSA) is 9.23 Å². The van der Waals surface area contributed by atoms with Crippen molar-refractivity contribution in [2.45, 2.75) is 84.0 Å². The third-order valence-corrected chi connectivity index (χ3v) is 7.89. The third kappa shape index (κ3) is 5.51. The Morgan fingerprint density at radius 2 is 1.84 bits per heavy atom. The first-order chi connectivity index (χ1) is 15.2. The van der Waals surface area contributed by atoms with E-state index in [1.54, 1.807) is 0 Å². The van der Waals surface area contributed by atoms with E-state index in [1.807, 2.05) is 25.1 Å². The Bertz CT molecular complexity index is 886. The second kappa shape index (κ2) is 10.7. The highest BCUT2D eigenvalue weighted by molar-refractivity contribution is 5.85. The molecule has 2 fully saturated rings. The van der Waals surface area contributed by atoms with Gasteiger partial charge in [-0.15, -0.1) is 0 Å². The van der Waals surface area contributed by atoms with E-state index in [0.29, 0.717) is 18.3 Å². The summed E-state index contributed by atoms with van der Waals surface area (Å²) in [4.78, 5) is 0. The lowest BCUT2D eigenvalue weighted by Crippen LogP contribution is -2.30. The van der Waals surface area contributed by atoms with Crippen molar-refractivity contribution in [1.82, 2.24) is 0 Å². The standard InChI is InChI=1S/C29H39FO/c1-3-5-7-8-21-9-10-23-17-24(12-11-22(23)16-21)25-13-14-26-18-27(31-15-6-4-2)20-29(30)28(26)19-25/h4,6,13-14,18-24H,3,5,7-12,15-17H2,1-2H3/b6-4+. The van der Waals surface area contributed by atoms with Crippen LogP contribution in [-0.4, -0.2) is 6.61 Å². The third-order valence-electron chi connectivity index (χ3n) is 7.89. The smallest absolute Gasteiger partial charge is 0.134 e. The van der Waals surface area contributed by atoms with Gasteiger partial charge in [0.15, 0.2) is 0 Å². The van der Waals surface area contributed by atoms with Gasteiger partial charge in [0, 0.05) is 11.5 Å². The fourth-order valence-corrected chi connectivity index (χ4v) is 6.12. The van der Waals surface area contributed by atoms with Crippen molar-refractivity contribution in [1.29, 1.82) is 0 Å². The number of hydrogen-bond donors (Lipinski definition) is 0. The summed E-state index contributed by atoms with van der Waals surface area (Å²) in [5.74, 6) is 3.81. The number of fused-ring (bicyclic) bond motifs is 2. The summed E-state index contributed by atoms with van der Waals surface area (Å²) in [7, 11) is 0. The Hall–Kier alpha value is -1.83. The summed E-state index contributed by atoms with van der Waals surface area (Å²) < 4.78 is 20.5. The van der Waals surface area contributed by atoms with Crippen LogP contribution in [0.1, 0.15) is 89.5 Å². The van der Waals surface area contributed by atoms with Crippen molar-refractivity contribution in [3.63, 3.8) is 0 Å². The van der Waals surface area contributed by atoms with Gasteiger partial charge >= 0.3 is 0 Å². The van der Waals surface area contributed by atoms with Crippen LogP contribution in [0.2, 0.25) is 0 Å². The minimum atomic E-state index is -0.170. The molecular formula is C29H39FO. The molecule has 2 aliphatic carbocycles. The minimum Gasteiger partial charge on any atom is -0.489 e. The van der Waals surface area contributed by atoms with E-state index >= 15 is 0 Å². The zero-order chi connectivity index (χ0) is 21.6. The number of unbranched alkanes of at least 4 members (excludes halogenated alkanes) is 2. The van der Waals surface area contributed by atoms with Crippen LogP contribution in [0.5, 0.6) is 5.75 Å². The molecule has 4 rings (SSSR count). The van der Waals surface area contributed by atoms with Gasteiger partial charge in [-0.2, -0.15) is 0 Å². The molecule has 2 aromatic rings. The van der Waals surface area contributed by atoms with Crippen LogP contribution in [0.3, 0.4) is 0 Å². The van der Waals surface area contributed by atoms with Gasteiger partial charge in [-0.3, -0.25) is 0 Å². The second-order valence-electron chi connectivity index (χ2n) is 9.97. The zero-order valence-corrected chi connectivity index (χ0v) is 19.4. The van der Waals surface area contributed by atoms with E-state index in [-0.39, 0.29) is 5.82 Å². The van der Waals surface area contributed by atoms with Crippen molar-refractivity contribution in [2.75, 3.05) is 6.61 Å². The van der Waals surface area contributed by atoms with Gasteiger partial charge in [-0.25, -0.2) is 4.39 Å². The molecule has 168 valence electrons. The van der Waals surface area contributed by atoms with Crippen LogP contribution >= 0.6 is 0 Å². The molecule has 4 atom stereocenters. The average molecular weight is 423 g/mol. The predicted octanol–water partition coefficient (Wildman–Crippen LogP) is 8.81. The van der Waals surface area contributed by atoms with Gasteiger partial charge in [-0.05, 0) is 85.8 Å². The van der Waals surface area contributed by atoms with E-state index in [2.05, 4.69) is 25.1 Å². The van der Waals surface area contributed by atoms with Crippen LogP contribution in [0.25, 0.3) is 10.8 Å². The van der Waals surface area contributed by atoms with E-state index in [9.17, 15) is 4.39 Å². The second-order valence-corrected chi connectivity index (χ2v) is 9.97. The van der Waals surface area contributed by atoms with Crippen molar-refractivity contribution < 1.29 is 9.13 Å². The Balaban J connectivity index is 1.40. The van der Waals surface area contributed by atoms with Gasteiger partial charge in [0.2, 0.25) is 0 Å². The molecule has 0 radical (unpaired) electrons. The highest BCUT2D eigenvalue weighted by Crippen LogP contribution is 2.48. The molecule has 0 N–H and O–H groups in total. The summed E-state index contributed by atoms with van der Waals surface area (Å²) in [6.07, 6.45) is 17.7. The first-order valence-electron chi connectivity index (χ1n) is 12.6. The lowest BCUT2D eigenvalue weighted by atomic mass is 9.63. The summed E-state index contributed by atoms with van der Waals surface area (Å²) in [5.41, 5.74) is 1.33. The Morgan fingerprint density at radius 3 is 2.68 bits per heavy atom. The van der Waals surface area contributed by atoms with E-state index < -0.39 is 0 Å². The van der Waals surface area contributed by atoms with Crippen LogP contribution in [0.15, 0.2) is 42.5 Å². The molecular weight excluding hydrogens is 383 g/mol. The van der Waals surface area contributed by atoms with E-state index in [1.165, 1.54) is 75.8 Å². The Labute approximate surface area is 188 Å². The minimum absolute atomic E-state index is 0.170. The summed E-state index contributed by atoms with van der Waals surface area (Å²) in [6.45, 7) is 4.73. The molecule has 0 spiro atoms. The van der Waals surface area contributed by atoms with Gasteiger partial charge in [0.05, 0.1) is 0 Å². The molecule has 0 aromatic heterocycles. The Kier molecular flexibility index (Phi) is 7.69. The number of halogens is 1. The maximum absolute atomic E-state index is 14.8. The number of rotatable bonds is 8. The van der Waals surface area contributed by atoms with Gasteiger partial charge in [-0.1, -0.05) is 63.3 Å². The van der Waals surface area contributed by atoms with E-state index in [0.717, 1.165) is 28.5 Å². The summed E-state index contributed by atoms with van der Waals surface area (Å²) in [5, 5.41) is 1.66. The highest BCUT2D eigenvalue weighted by Gasteiger charge is 2.35. The average Bonchev–Trinajstić information content (AvgIpc) is 2.79. The number of allylic oxidation sites excluding steroid dienone is 1. The van der Waals surface area contributed by atoms with Crippen LogP contribution in [-0.2, 0) is 0 Å². The molecule has 0 saturated heterocycles. The van der Waals surface area contributed by atoms with Crippen molar-refractivity contribution in [3.8, 4) is 5.75 Å². The number of benzene rings is 2. The molecule has 31 heavy (non-hydrogen) atoms. The maximum Gasteiger partial charge on any atom is 0.134 e. The first-order valence-corrected chi connectivity index (χ1v) is 12.6. The summed E-state index contributed by atoms with van der Waals surface area (Å²) >= 11 is 0. The van der Waals surface area contributed by atoms with Gasteiger partial charge in [0.25, 0.3) is 0 Å². The Morgan fingerprint density at radius 1 is 1.00 bits per heavy atom. The van der Waals surface area contributed by atoms with Crippen LogP contribution < -0.4 is 4.74 Å². The SMILES string of the molecule is C/C=C/COc1cc(F)c2cc(C3CCC4CC(CCCCC)CCC4C3)ccc2c1. The highest BCUT2D eigenvalue weighted by atomic mass is 19.1. The van der Waals surface area contributed by atoms with Crippen LogP contribution in [0.4, 0.5) is 4.39 Å².